The molecule has 72 valence electrons. The van der Waals surface area contributed by atoms with E-state index in [-0.39, 0.29) is 12.8 Å². The van der Waals surface area contributed by atoms with Gasteiger partial charge in [0.2, 0.25) is 0 Å². The summed E-state index contributed by atoms with van der Waals surface area (Å²) in [6.07, 6.45) is -1.95. The number of aliphatic hydroxyl groups excluding tert-OH is 2. The van der Waals surface area contributed by atoms with Crippen LogP contribution in [0.5, 0.6) is 0 Å². The summed E-state index contributed by atoms with van der Waals surface area (Å²) >= 11 is 0. The Kier molecular flexibility index (Phi) is 2.21. The molecule has 0 aromatic rings. The Bertz CT molecular complexity index is 156. The fraction of sp³-hybridized carbons (Fsp3) is 1.00. The second-order valence-electron chi connectivity index (χ2n) is 4.15. The monoisotopic (exact) mass is 176 g/mol. The minimum absolute atomic E-state index is 0.00116. The Labute approximate surface area is 71.5 Å². The van der Waals surface area contributed by atoms with E-state index in [4.69, 9.17) is 0 Å². The van der Waals surface area contributed by atoms with Gasteiger partial charge in [-0.05, 0) is 13.8 Å². The van der Waals surface area contributed by atoms with Crippen LogP contribution < -0.4 is 0 Å². The van der Waals surface area contributed by atoms with Crippen molar-refractivity contribution in [3.8, 4) is 0 Å². The van der Waals surface area contributed by atoms with Crippen molar-refractivity contribution in [1.82, 2.24) is 0 Å². The molecule has 1 aliphatic carbocycles. The lowest BCUT2D eigenvalue weighted by Gasteiger charge is -2.44. The van der Waals surface area contributed by atoms with Crippen LogP contribution in [0.1, 0.15) is 26.7 Å². The highest BCUT2D eigenvalue weighted by Gasteiger charge is 2.47. The standard InChI is InChI=1S/C8H16O4/c1-7(11)3-6(10)8(2,12)4-5(7)9/h5-6,9-12H,3-4H2,1-2H3/t5-,6?,7+,8-/m1/s1. The minimum Gasteiger partial charge on any atom is -0.390 e. The summed E-state index contributed by atoms with van der Waals surface area (Å²) in [6, 6.07) is 0. The van der Waals surface area contributed by atoms with Crippen LogP contribution in [0.25, 0.3) is 0 Å². The summed E-state index contributed by atoms with van der Waals surface area (Å²) in [5.74, 6) is 0. The Morgan fingerprint density at radius 2 is 1.17 bits per heavy atom. The third-order valence-corrected chi connectivity index (χ3v) is 2.65. The molecule has 12 heavy (non-hydrogen) atoms. The lowest BCUT2D eigenvalue weighted by molar-refractivity contribution is -0.192. The zero-order valence-corrected chi connectivity index (χ0v) is 7.36. The Morgan fingerprint density at radius 1 is 0.917 bits per heavy atom. The summed E-state index contributed by atoms with van der Waals surface area (Å²) < 4.78 is 0. The molecule has 4 atom stereocenters. The summed E-state index contributed by atoms with van der Waals surface area (Å²) in [5.41, 5.74) is -2.58. The molecule has 4 heteroatoms. The van der Waals surface area contributed by atoms with E-state index in [1.807, 2.05) is 0 Å². The molecule has 0 aromatic heterocycles. The van der Waals surface area contributed by atoms with Crippen LogP contribution >= 0.6 is 0 Å². The van der Waals surface area contributed by atoms with Gasteiger partial charge in [0, 0.05) is 12.8 Å². The molecule has 4 nitrogen and oxygen atoms in total. The van der Waals surface area contributed by atoms with Crippen molar-refractivity contribution in [1.29, 1.82) is 0 Å². The van der Waals surface area contributed by atoms with Gasteiger partial charge in [-0.1, -0.05) is 0 Å². The first kappa shape index (κ1) is 9.92. The van der Waals surface area contributed by atoms with E-state index in [2.05, 4.69) is 0 Å². The van der Waals surface area contributed by atoms with E-state index in [9.17, 15) is 20.4 Å². The molecule has 0 aliphatic heterocycles. The number of hydrogen-bond donors (Lipinski definition) is 4. The molecule has 0 saturated heterocycles. The van der Waals surface area contributed by atoms with E-state index >= 15 is 0 Å². The molecule has 4 N–H and O–H groups in total. The molecule has 0 amide bonds. The topological polar surface area (TPSA) is 80.9 Å². The first-order valence-electron chi connectivity index (χ1n) is 4.06. The van der Waals surface area contributed by atoms with Crippen LogP contribution in [0.4, 0.5) is 0 Å². The van der Waals surface area contributed by atoms with Gasteiger partial charge in [0.15, 0.2) is 0 Å². The smallest absolute Gasteiger partial charge is 0.0904 e. The maximum atomic E-state index is 9.52. The average molecular weight is 176 g/mol. The van der Waals surface area contributed by atoms with Gasteiger partial charge >= 0.3 is 0 Å². The highest BCUT2D eigenvalue weighted by molar-refractivity contribution is 5.00. The van der Waals surface area contributed by atoms with Crippen molar-refractivity contribution >= 4 is 0 Å². The number of hydrogen-bond acceptors (Lipinski definition) is 4. The van der Waals surface area contributed by atoms with Gasteiger partial charge in [-0.2, -0.15) is 0 Å². The molecule has 0 bridgehead atoms. The van der Waals surface area contributed by atoms with E-state index in [1.165, 1.54) is 13.8 Å². The predicted molar refractivity (Wildman–Crippen MR) is 42.5 cm³/mol. The highest BCUT2D eigenvalue weighted by atomic mass is 16.4. The molecular formula is C8H16O4. The van der Waals surface area contributed by atoms with Crippen molar-refractivity contribution in [3.63, 3.8) is 0 Å². The van der Waals surface area contributed by atoms with Gasteiger partial charge in [-0.3, -0.25) is 0 Å². The number of rotatable bonds is 0. The molecular weight excluding hydrogens is 160 g/mol. The molecule has 1 saturated carbocycles. The third-order valence-electron chi connectivity index (χ3n) is 2.65. The van der Waals surface area contributed by atoms with Crippen molar-refractivity contribution in [2.24, 2.45) is 0 Å². The summed E-state index contributed by atoms with van der Waals surface area (Å²) in [6.45, 7) is 2.91. The fourth-order valence-electron chi connectivity index (χ4n) is 1.49. The van der Waals surface area contributed by atoms with Crippen LogP contribution in [0.15, 0.2) is 0 Å². The first-order valence-corrected chi connectivity index (χ1v) is 4.06. The van der Waals surface area contributed by atoms with Crippen LogP contribution in [0, 0.1) is 0 Å². The maximum Gasteiger partial charge on any atom is 0.0904 e. The lowest BCUT2D eigenvalue weighted by Crippen LogP contribution is -2.57. The normalized spacial score (nSPS) is 55.5. The maximum absolute atomic E-state index is 9.52. The second-order valence-corrected chi connectivity index (χ2v) is 4.15. The van der Waals surface area contributed by atoms with Gasteiger partial charge in [0.05, 0.1) is 23.4 Å². The number of aliphatic hydroxyl groups is 4. The molecule has 0 radical (unpaired) electrons. The zero-order valence-electron chi connectivity index (χ0n) is 7.36. The average Bonchev–Trinajstić information content (AvgIpc) is 1.82. The van der Waals surface area contributed by atoms with E-state index in [0.29, 0.717) is 0 Å². The molecule has 0 heterocycles. The van der Waals surface area contributed by atoms with Crippen molar-refractivity contribution in [2.75, 3.05) is 0 Å². The van der Waals surface area contributed by atoms with Gasteiger partial charge < -0.3 is 20.4 Å². The van der Waals surface area contributed by atoms with E-state index in [0.717, 1.165) is 0 Å². The molecule has 1 unspecified atom stereocenters. The van der Waals surface area contributed by atoms with E-state index in [1.54, 1.807) is 0 Å². The van der Waals surface area contributed by atoms with Crippen LogP contribution in [0.3, 0.4) is 0 Å². The lowest BCUT2D eigenvalue weighted by atomic mass is 9.74. The van der Waals surface area contributed by atoms with E-state index < -0.39 is 23.4 Å². The largest absolute Gasteiger partial charge is 0.390 e. The first-order chi connectivity index (χ1) is 5.26. The SMILES string of the molecule is C[C@]1(O)CC(O)[C@](C)(O)C[C@H]1O. The Morgan fingerprint density at radius 3 is 1.42 bits per heavy atom. The molecule has 1 aliphatic rings. The minimum atomic E-state index is -1.29. The van der Waals surface area contributed by atoms with Gasteiger partial charge in [0.1, 0.15) is 0 Å². The summed E-state index contributed by atoms with van der Waals surface area (Å²) in [7, 11) is 0. The Hall–Kier alpha value is -0.160. The van der Waals surface area contributed by atoms with Gasteiger partial charge in [-0.25, -0.2) is 0 Å². The highest BCUT2D eigenvalue weighted by Crippen LogP contribution is 2.34. The molecule has 0 aromatic carbocycles. The Balaban J connectivity index is 2.76. The summed E-state index contributed by atoms with van der Waals surface area (Å²) in [4.78, 5) is 0. The van der Waals surface area contributed by atoms with Gasteiger partial charge in [-0.15, -0.1) is 0 Å². The van der Waals surface area contributed by atoms with Crippen LogP contribution in [-0.2, 0) is 0 Å². The van der Waals surface area contributed by atoms with Crippen LogP contribution in [-0.4, -0.2) is 43.8 Å². The zero-order chi connectivity index (χ0) is 9.57. The molecule has 1 fully saturated rings. The van der Waals surface area contributed by atoms with Crippen molar-refractivity contribution < 1.29 is 20.4 Å². The second kappa shape index (κ2) is 2.67. The summed E-state index contributed by atoms with van der Waals surface area (Å²) in [5, 5.41) is 37.8. The molecule has 1 rings (SSSR count). The third kappa shape index (κ3) is 1.61. The fourth-order valence-corrected chi connectivity index (χ4v) is 1.49. The van der Waals surface area contributed by atoms with Gasteiger partial charge in [0.25, 0.3) is 0 Å². The molecule has 0 spiro atoms. The van der Waals surface area contributed by atoms with Crippen molar-refractivity contribution in [3.05, 3.63) is 0 Å². The van der Waals surface area contributed by atoms with Crippen molar-refractivity contribution in [2.45, 2.75) is 50.1 Å². The predicted octanol–water partition coefficient (Wildman–Crippen LogP) is -0.996. The van der Waals surface area contributed by atoms with Crippen LogP contribution in [0.2, 0.25) is 0 Å². The quantitative estimate of drug-likeness (QED) is 0.382.